The molecule has 0 aliphatic heterocycles. The molecule has 0 heterocycles. The first-order chi connectivity index (χ1) is 9.60. The third-order valence-corrected chi connectivity index (χ3v) is 3.48. The van der Waals surface area contributed by atoms with Crippen molar-refractivity contribution < 1.29 is 14.6 Å². The average molecular weight is 291 g/mol. The number of hydrogen-bond donors (Lipinski definition) is 1. The molecule has 104 valence electrons. The molecule has 0 aliphatic carbocycles. The van der Waals surface area contributed by atoms with E-state index >= 15 is 0 Å². The second kappa shape index (κ2) is 5.97. The van der Waals surface area contributed by atoms with Gasteiger partial charge in [0.15, 0.2) is 0 Å². The summed E-state index contributed by atoms with van der Waals surface area (Å²) in [6, 6.07) is 11.1. The quantitative estimate of drug-likeness (QED) is 0.914. The van der Waals surface area contributed by atoms with Gasteiger partial charge in [0, 0.05) is 16.1 Å². The van der Waals surface area contributed by atoms with Crippen LogP contribution in [0, 0.1) is 0 Å². The van der Waals surface area contributed by atoms with Crippen LogP contribution < -0.4 is 4.74 Å². The zero-order valence-electron chi connectivity index (χ0n) is 11.3. The van der Waals surface area contributed by atoms with Gasteiger partial charge in [-0.1, -0.05) is 48.9 Å². The van der Waals surface area contributed by atoms with Crippen LogP contribution in [-0.2, 0) is 6.42 Å². The zero-order valence-corrected chi connectivity index (χ0v) is 12.1. The molecular weight excluding hydrogens is 276 g/mol. The van der Waals surface area contributed by atoms with E-state index in [2.05, 4.69) is 0 Å². The summed E-state index contributed by atoms with van der Waals surface area (Å²) in [7, 11) is 1.48. The fourth-order valence-electron chi connectivity index (χ4n) is 2.33. The molecule has 0 radical (unpaired) electrons. The first kappa shape index (κ1) is 14.4. The first-order valence-electron chi connectivity index (χ1n) is 6.28. The Balaban J connectivity index is 2.79. The van der Waals surface area contributed by atoms with Gasteiger partial charge in [0.1, 0.15) is 11.3 Å². The summed E-state index contributed by atoms with van der Waals surface area (Å²) in [6.07, 6.45) is 0.633. The van der Waals surface area contributed by atoms with Crippen molar-refractivity contribution >= 4 is 17.6 Å². The molecule has 1 N–H and O–H groups in total. The lowest BCUT2D eigenvalue weighted by Gasteiger charge is -2.17. The Morgan fingerprint density at radius 3 is 2.45 bits per heavy atom. The van der Waals surface area contributed by atoms with Crippen molar-refractivity contribution in [2.45, 2.75) is 13.3 Å². The van der Waals surface area contributed by atoms with Crippen molar-refractivity contribution in [1.82, 2.24) is 0 Å². The summed E-state index contributed by atoms with van der Waals surface area (Å²) in [4.78, 5) is 11.3. The number of aromatic carboxylic acids is 1. The number of halogens is 1. The number of carbonyl (C=O) groups is 1. The maximum Gasteiger partial charge on any atom is 0.339 e. The second-order valence-electron chi connectivity index (χ2n) is 4.32. The van der Waals surface area contributed by atoms with Crippen LogP contribution in [0.25, 0.3) is 11.1 Å². The van der Waals surface area contributed by atoms with Gasteiger partial charge in [-0.25, -0.2) is 4.79 Å². The van der Waals surface area contributed by atoms with Crippen LogP contribution in [0.3, 0.4) is 0 Å². The molecule has 0 bridgehead atoms. The smallest absolute Gasteiger partial charge is 0.339 e. The predicted molar refractivity (Wildman–Crippen MR) is 79.8 cm³/mol. The largest absolute Gasteiger partial charge is 0.496 e. The Bertz CT molecular complexity index is 636. The Hall–Kier alpha value is -2.00. The van der Waals surface area contributed by atoms with E-state index in [1.54, 1.807) is 0 Å². The average Bonchev–Trinajstić information content (AvgIpc) is 2.46. The summed E-state index contributed by atoms with van der Waals surface area (Å²) < 4.78 is 5.31. The molecule has 0 amide bonds. The maximum atomic E-state index is 11.3. The van der Waals surface area contributed by atoms with Crippen LogP contribution in [-0.4, -0.2) is 18.2 Å². The predicted octanol–water partition coefficient (Wildman–Crippen LogP) is 4.28. The third-order valence-electron chi connectivity index (χ3n) is 3.18. The van der Waals surface area contributed by atoms with Crippen molar-refractivity contribution in [2.24, 2.45) is 0 Å². The van der Waals surface area contributed by atoms with Gasteiger partial charge in [-0.2, -0.15) is 0 Å². The van der Waals surface area contributed by atoms with Gasteiger partial charge in [-0.15, -0.1) is 0 Å². The highest BCUT2D eigenvalue weighted by Crippen LogP contribution is 2.39. The molecule has 3 nitrogen and oxygen atoms in total. The molecule has 20 heavy (non-hydrogen) atoms. The Kier molecular flexibility index (Phi) is 4.30. The van der Waals surface area contributed by atoms with E-state index in [1.807, 2.05) is 37.3 Å². The fraction of sp³-hybridized carbons (Fsp3) is 0.188. The van der Waals surface area contributed by atoms with Crippen LogP contribution in [0.1, 0.15) is 22.8 Å². The Morgan fingerprint density at radius 1 is 1.30 bits per heavy atom. The molecule has 0 aliphatic rings. The number of hydrogen-bond acceptors (Lipinski definition) is 2. The van der Waals surface area contributed by atoms with Crippen LogP contribution in [0.4, 0.5) is 0 Å². The summed E-state index contributed by atoms with van der Waals surface area (Å²) >= 11 is 6.30. The van der Waals surface area contributed by atoms with E-state index in [0.29, 0.717) is 17.2 Å². The lowest BCUT2D eigenvalue weighted by Crippen LogP contribution is -2.05. The third kappa shape index (κ3) is 2.49. The fourth-order valence-corrected chi connectivity index (χ4v) is 2.66. The Labute approximate surface area is 122 Å². The number of ether oxygens (including phenoxy) is 1. The van der Waals surface area contributed by atoms with Crippen LogP contribution in [0.15, 0.2) is 36.4 Å². The molecule has 0 saturated heterocycles. The summed E-state index contributed by atoms with van der Waals surface area (Å²) in [6.45, 7) is 1.95. The SMILES string of the molecule is CCc1c(OC)c(C(=O)O)cc(Cl)c1-c1ccccc1. The molecule has 0 saturated carbocycles. The van der Waals surface area contributed by atoms with Crippen LogP contribution in [0.5, 0.6) is 5.75 Å². The van der Waals surface area contributed by atoms with Crippen molar-refractivity contribution in [3.8, 4) is 16.9 Å². The summed E-state index contributed by atoms with van der Waals surface area (Å²) in [5, 5.41) is 9.69. The molecule has 2 aromatic carbocycles. The first-order valence-corrected chi connectivity index (χ1v) is 6.66. The van der Waals surface area contributed by atoms with E-state index in [9.17, 15) is 9.90 Å². The molecular formula is C16H15ClO3. The molecule has 0 spiro atoms. The van der Waals surface area contributed by atoms with E-state index in [-0.39, 0.29) is 5.56 Å². The van der Waals surface area contributed by atoms with Crippen molar-refractivity contribution in [2.75, 3.05) is 7.11 Å². The molecule has 0 unspecified atom stereocenters. The highest BCUT2D eigenvalue weighted by molar-refractivity contribution is 6.34. The number of methoxy groups -OCH3 is 1. The van der Waals surface area contributed by atoms with Gasteiger partial charge in [0.25, 0.3) is 0 Å². The molecule has 0 fully saturated rings. The van der Waals surface area contributed by atoms with E-state index in [4.69, 9.17) is 16.3 Å². The second-order valence-corrected chi connectivity index (χ2v) is 4.72. The summed E-state index contributed by atoms with van der Waals surface area (Å²) in [5.41, 5.74) is 2.68. The normalized spacial score (nSPS) is 10.3. The number of carboxylic acid groups (broad SMARTS) is 1. The van der Waals surface area contributed by atoms with Crippen LogP contribution in [0.2, 0.25) is 5.02 Å². The standard InChI is InChI=1S/C16H15ClO3/c1-3-11-14(10-7-5-4-6-8-10)13(17)9-12(16(18)19)15(11)20-2/h4-9H,3H2,1-2H3,(H,18,19). The molecule has 0 atom stereocenters. The van der Waals surface area contributed by atoms with Crippen molar-refractivity contribution in [1.29, 1.82) is 0 Å². The number of benzene rings is 2. The highest BCUT2D eigenvalue weighted by atomic mass is 35.5. The highest BCUT2D eigenvalue weighted by Gasteiger charge is 2.21. The molecule has 4 heteroatoms. The maximum absolute atomic E-state index is 11.3. The minimum atomic E-state index is -1.04. The number of carboxylic acids is 1. The van der Waals surface area contributed by atoms with E-state index in [0.717, 1.165) is 16.7 Å². The van der Waals surface area contributed by atoms with Crippen LogP contribution >= 0.6 is 11.6 Å². The van der Waals surface area contributed by atoms with Gasteiger partial charge < -0.3 is 9.84 Å². The van der Waals surface area contributed by atoms with Gasteiger partial charge in [0.2, 0.25) is 0 Å². The van der Waals surface area contributed by atoms with Gasteiger partial charge in [-0.3, -0.25) is 0 Å². The van der Waals surface area contributed by atoms with Gasteiger partial charge >= 0.3 is 5.97 Å². The lowest BCUT2D eigenvalue weighted by molar-refractivity contribution is 0.0693. The minimum absolute atomic E-state index is 0.0917. The molecule has 2 rings (SSSR count). The molecule has 0 aromatic heterocycles. The van der Waals surface area contributed by atoms with Gasteiger partial charge in [-0.05, 0) is 18.1 Å². The Morgan fingerprint density at radius 2 is 1.95 bits per heavy atom. The van der Waals surface area contributed by atoms with Gasteiger partial charge in [0.05, 0.1) is 7.11 Å². The molecule has 2 aromatic rings. The minimum Gasteiger partial charge on any atom is -0.496 e. The summed E-state index contributed by atoms with van der Waals surface area (Å²) in [5.74, 6) is -0.665. The zero-order chi connectivity index (χ0) is 14.7. The van der Waals surface area contributed by atoms with Crippen molar-refractivity contribution in [3.63, 3.8) is 0 Å². The van der Waals surface area contributed by atoms with Crippen molar-refractivity contribution in [3.05, 3.63) is 52.5 Å². The topological polar surface area (TPSA) is 46.5 Å². The monoisotopic (exact) mass is 290 g/mol. The number of rotatable bonds is 4. The van der Waals surface area contributed by atoms with E-state index < -0.39 is 5.97 Å². The lowest BCUT2D eigenvalue weighted by atomic mass is 9.94. The van der Waals surface area contributed by atoms with E-state index in [1.165, 1.54) is 13.2 Å².